The molecule has 23 heavy (non-hydrogen) atoms. The number of amides is 2. The third-order valence-corrected chi connectivity index (χ3v) is 3.37. The van der Waals surface area contributed by atoms with Crippen molar-refractivity contribution in [1.29, 1.82) is 0 Å². The molecule has 0 atom stereocenters. The Kier molecular flexibility index (Phi) is 5.00. The highest BCUT2D eigenvalue weighted by Crippen LogP contribution is 2.17. The van der Waals surface area contributed by atoms with E-state index in [-0.39, 0.29) is 24.2 Å². The molecule has 0 unspecified atom stereocenters. The number of anilines is 1. The monoisotopic (exact) mass is 316 g/mol. The Labute approximate surface area is 134 Å². The molecule has 2 rings (SSSR count). The van der Waals surface area contributed by atoms with Crippen molar-refractivity contribution in [2.75, 3.05) is 26.0 Å². The molecule has 2 aromatic rings. The number of hydrogen-bond donors (Lipinski definition) is 1. The number of methoxy groups -OCH3 is 1. The zero-order chi connectivity index (χ0) is 17.0. The lowest BCUT2D eigenvalue weighted by atomic mass is 10.2. The third kappa shape index (κ3) is 3.88. The van der Waals surface area contributed by atoms with Gasteiger partial charge in [-0.1, -0.05) is 18.2 Å². The molecule has 0 radical (unpaired) electrons. The number of nitrogens with one attached hydrogen (secondary N) is 1. The average molecular weight is 316 g/mol. The topological polar surface area (TPSA) is 76.5 Å². The van der Waals surface area contributed by atoms with Crippen molar-refractivity contribution in [1.82, 2.24) is 14.7 Å². The number of aryl methyl sites for hydroxylation is 2. The molecule has 0 aliphatic heterocycles. The molecule has 7 heteroatoms. The molecule has 1 heterocycles. The standard InChI is InChI=1S/C16H20N4O3/c1-11-7-5-6-8-13(11)17-14(21)10-19(2)16(22)12-9-20(3)18-15(12)23-4/h5-9H,10H2,1-4H3,(H,17,21). The van der Waals surface area contributed by atoms with Crippen LogP contribution in [0.25, 0.3) is 0 Å². The van der Waals surface area contributed by atoms with E-state index in [4.69, 9.17) is 4.74 Å². The molecule has 2 amide bonds. The van der Waals surface area contributed by atoms with Crippen LogP contribution < -0.4 is 10.1 Å². The van der Waals surface area contributed by atoms with Crippen molar-refractivity contribution in [3.8, 4) is 5.88 Å². The number of carbonyl (C=O) groups excluding carboxylic acids is 2. The van der Waals surface area contributed by atoms with Gasteiger partial charge in [0, 0.05) is 26.0 Å². The highest BCUT2D eigenvalue weighted by atomic mass is 16.5. The van der Waals surface area contributed by atoms with Crippen LogP contribution in [-0.2, 0) is 11.8 Å². The van der Waals surface area contributed by atoms with Gasteiger partial charge in [0.15, 0.2) is 0 Å². The van der Waals surface area contributed by atoms with Crippen LogP contribution in [-0.4, -0.2) is 47.2 Å². The lowest BCUT2D eigenvalue weighted by Crippen LogP contribution is -2.35. The second-order valence-electron chi connectivity index (χ2n) is 5.25. The van der Waals surface area contributed by atoms with Crippen molar-refractivity contribution in [2.24, 2.45) is 7.05 Å². The van der Waals surface area contributed by atoms with E-state index in [0.717, 1.165) is 11.3 Å². The Bertz CT molecular complexity index is 724. The molecular formula is C16H20N4O3. The molecule has 0 saturated heterocycles. The Morgan fingerprint density at radius 1 is 1.35 bits per heavy atom. The molecule has 0 aliphatic rings. The highest BCUT2D eigenvalue weighted by molar-refractivity contribution is 6.00. The lowest BCUT2D eigenvalue weighted by Gasteiger charge is -2.17. The van der Waals surface area contributed by atoms with Crippen molar-refractivity contribution < 1.29 is 14.3 Å². The zero-order valence-corrected chi connectivity index (χ0v) is 13.7. The first-order chi connectivity index (χ1) is 10.9. The number of benzene rings is 1. The summed E-state index contributed by atoms with van der Waals surface area (Å²) in [5.74, 6) is -0.350. The first kappa shape index (κ1) is 16.5. The molecule has 7 nitrogen and oxygen atoms in total. The van der Waals surface area contributed by atoms with Crippen molar-refractivity contribution in [2.45, 2.75) is 6.92 Å². The number of aromatic nitrogens is 2. The van der Waals surface area contributed by atoms with Crippen LogP contribution in [0, 0.1) is 6.92 Å². The molecule has 0 spiro atoms. The van der Waals surface area contributed by atoms with Crippen molar-refractivity contribution in [3.63, 3.8) is 0 Å². The SMILES string of the molecule is COc1nn(C)cc1C(=O)N(C)CC(=O)Nc1ccccc1C. The van der Waals surface area contributed by atoms with Crippen LogP contribution in [0.5, 0.6) is 5.88 Å². The van der Waals surface area contributed by atoms with Crippen molar-refractivity contribution in [3.05, 3.63) is 41.6 Å². The molecule has 1 aromatic heterocycles. The number of rotatable bonds is 5. The van der Waals surface area contributed by atoms with Crippen LogP contribution in [0.3, 0.4) is 0 Å². The van der Waals surface area contributed by atoms with Crippen LogP contribution in [0.1, 0.15) is 15.9 Å². The number of ether oxygens (including phenoxy) is 1. The van der Waals surface area contributed by atoms with Gasteiger partial charge in [-0.15, -0.1) is 5.10 Å². The van der Waals surface area contributed by atoms with Gasteiger partial charge in [-0.05, 0) is 18.6 Å². The quantitative estimate of drug-likeness (QED) is 0.906. The summed E-state index contributed by atoms with van der Waals surface area (Å²) < 4.78 is 6.57. The van der Waals surface area contributed by atoms with Crippen LogP contribution in [0.2, 0.25) is 0 Å². The van der Waals surface area contributed by atoms with E-state index in [0.29, 0.717) is 5.56 Å². The molecule has 1 aromatic carbocycles. The van der Waals surface area contributed by atoms with Gasteiger partial charge in [0.1, 0.15) is 5.56 Å². The first-order valence-corrected chi connectivity index (χ1v) is 7.11. The number of nitrogens with zero attached hydrogens (tertiary/aromatic N) is 3. The van der Waals surface area contributed by atoms with E-state index in [1.165, 1.54) is 16.7 Å². The minimum Gasteiger partial charge on any atom is -0.479 e. The van der Waals surface area contributed by atoms with E-state index >= 15 is 0 Å². The summed E-state index contributed by atoms with van der Waals surface area (Å²) in [6.07, 6.45) is 1.57. The van der Waals surface area contributed by atoms with Crippen LogP contribution in [0.15, 0.2) is 30.5 Å². The van der Waals surface area contributed by atoms with Gasteiger partial charge in [0.25, 0.3) is 5.91 Å². The summed E-state index contributed by atoms with van der Waals surface area (Å²) >= 11 is 0. The third-order valence-electron chi connectivity index (χ3n) is 3.37. The molecule has 122 valence electrons. The zero-order valence-electron chi connectivity index (χ0n) is 13.7. The minimum absolute atomic E-state index is 0.0643. The molecule has 1 N–H and O–H groups in total. The summed E-state index contributed by atoms with van der Waals surface area (Å²) in [6, 6.07) is 7.47. The Morgan fingerprint density at radius 3 is 2.70 bits per heavy atom. The second-order valence-corrected chi connectivity index (χ2v) is 5.25. The number of hydrogen-bond acceptors (Lipinski definition) is 4. The Balaban J connectivity index is 2.03. The maximum absolute atomic E-state index is 12.4. The molecule has 0 bridgehead atoms. The van der Waals surface area contributed by atoms with E-state index in [1.54, 1.807) is 20.3 Å². The summed E-state index contributed by atoms with van der Waals surface area (Å²) in [7, 11) is 4.71. The lowest BCUT2D eigenvalue weighted by molar-refractivity contribution is -0.116. The van der Waals surface area contributed by atoms with E-state index < -0.39 is 0 Å². The van der Waals surface area contributed by atoms with E-state index in [9.17, 15) is 9.59 Å². The molecular weight excluding hydrogens is 296 g/mol. The fourth-order valence-corrected chi connectivity index (χ4v) is 2.16. The molecule has 0 aliphatic carbocycles. The number of para-hydroxylation sites is 1. The van der Waals surface area contributed by atoms with Crippen LogP contribution in [0.4, 0.5) is 5.69 Å². The Hall–Kier alpha value is -2.83. The molecule has 0 fully saturated rings. The number of carbonyl (C=O) groups is 2. The predicted molar refractivity (Wildman–Crippen MR) is 86.5 cm³/mol. The summed E-state index contributed by atoms with van der Waals surface area (Å²) in [4.78, 5) is 25.8. The summed E-state index contributed by atoms with van der Waals surface area (Å²) in [6.45, 7) is 1.84. The van der Waals surface area contributed by atoms with Gasteiger partial charge in [0.2, 0.25) is 11.8 Å². The predicted octanol–water partition coefficient (Wildman–Crippen LogP) is 1.45. The number of likely N-dealkylation sites (N-methyl/N-ethyl adjacent to an activating group) is 1. The Morgan fingerprint density at radius 2 is 2.04 bits per heavy atom. The van der Waals surface area contributed by atoms with Gasteiger partial charge in [0.05, 0.1) is 13.7 Å². The van der Waals surface area contributed by atoms with Gasteiger partial charge >= 0.3 is 0 Å². The maximum atomic E-state index is 12.4. The maximum Gasteiger partial charge on any atom is 0.261 e. The summed E-state index contributed by atoms with van der Waals surface area (Å²) in [5.41, 5.74) is 2.02. The largest absolute Gasteiger partial charge is 0.479 e. The first-order valence-electron chi connectivity index (χ1n) is 7.11. The van der Waals surface area contributed by atoms with Gasteiger partial charge in [-0.3, -0.25) is 14.3 Å². The highest BCUT2D eigenvalue weighted by Gasteiger charge is 2.21. The fourth-order valence-electron chi connectivity index (χ4n) is 2.16. The van der Waals surface area contributed by atoms with Gasteiger partial charge < -0.3 is 15.0 Å². The minimum atomic E-state index is -0.324. The smallest absolute Gasteiger partial charge is 0.261 e. The average Bonchev–Trinajstić information content (AvgIpc) is 2.89. The summed E-state index contributed by atoms with van der Waals surface area (Å²) in [5, 5.41) is 6.83. The van der Waals surface area contributed by atoms with Crippen molar-refractivity contribution >= 4 is 17.5 Å². The molecule has 0 saturated carbocycles. The fraction of sp³-hybridized carbons (Fsp3) is 0.312. The van der Waals surface area contributed by atoms with Crippen LogP contribution >= 0.6 is 0 Å². The normalized spacial score (nSPS) is 10.3. The van der Waals surface area contributed by atoms with E-state index in [2.05, 4.69) is 10.4 Å². The van der Waals surface area contributed by atoms with Gasteiger partial charge in [-0.25, -0.2) is 0 Å². The van der Waals surface area contributed by atoms with Gasteiger partial charge in [-0.2, -0.15) is 0 Å². The second kappa shape index (κ2) is 6.95. The van der Waals surface area contributed by atoms with E-state index in [1.807, 2.05) is 31.2 Å².